The van der Waals surface area contributed by atoms with Crippen LogP contribution in [-0.2, 0) is 9.53 Å². The van der Waals surface area contributed by atoms with Crippen LogP contribution in [0.1, 0.15) is 35.8 Å². The fourth-order valence-electron chi connectivity index (χ4n) is 2.55. The van der Waals surface area contributed by atoms with Gasteiger partial charge in [-0.2, -0.15) is 0 Å². The van der Waals surface area contributed by atoms with Gasteiger partial charge in [-0.15, -0.1) is 11.3 Å². The lowest BCUT2D eigenvalue weighted by molar-refractivity contribution is -0.117. The second-order valence-electron chi connectivity index (χ2n) is 5.77. The summed E-state index contributed by atoms with van der Waals surface area (Å²) in [5.41, 5.74) is 1.39. The first kappa shape index (κ1) is 19.9. The summed E-state index contributed by atoms with van der Waals surface area (Å²) in [6.45, 7) is 4.23. The highest BCUT2D eigenvalue weighted by Crippen LogP contribution is 2.28. The van der Waals surface area contributed by atoms with Gasteiger partial charge in [0.2, 0.25) is 5.91 Å². The van der Waals surface area contributed by atoms with Gasteiger partial charge in [0.15, 0.2) is 0 Å². The number of thiophene rings is 1. The van der Waals surface area contributed by atoms with Crippen LogP contribution < -0.4 is 10.1 Å². The van der Waals surface area contributed by atoms with E-state index in [2.05, 4.69) is 5.32 Å². The van der Waals surface area contributed by atoms with Crippen molar-refractivity contribution in [3.05, 3.63) is 46.8 Å². The number of carbonyl (C=O) groups excluding carboxylic acids is 2. The number of hydrogen-bond donors (Lipinski definition) is 1. The molecule has 6 nitrogen and oxygen atoms in total. The number of rotatable bonds is 8. The van der Waals surface area contributed by atoms with Crippen molar-refractivity contribution in [2.24, 2.45) is 0 Å². The Bertz CT molecular complexity index is 760. The quantitative estimate of drug-likeness (QED) is 0.714. The van der Waals surface area contributed by atoms with Crippen LogP contribution in [0.25, 0.3) is 0 Å². The van der Waals surface area contributed by atoms with E-state index in [-0.39, 0.29) is 18.5 Å². The molecule has 0 fully saturated rings. The fraction of sp³-hybridized carbons (Fsp3) is 0.368. The molecule has 140 valence electrons. The van der Waals surface area contributed by atoms with Gasteiger partial charge in [-0.05, 0) is 38.4 Å². The zero-order valence-electron chi connectivity index (χ0n) is 15.4. The van der Waals surface area contributed by atoms with E-state index in [1.54, 1.807) is 25.5 Å². The smallest absolute Gasteiger partial charge is 0.341 e. The van der Waals surface area contributed by atoms with Crippen LogP contribution in [0.15, 0.2) is 35.7 Å². The molecule has 1 atom stereocenters. The highest BCUT2D eigenvalue weighted by Gasteiger charge is 2.20. The Kier molecular flexibility index (Phi) is 7.17. The monoisotopic (exact) mass is 376 g/mol. The minimum Gasteiger partial charge on any atom is -0.496 e. The van der Waals surface area contributed by atoms with E-state index in [0.717, 1.165) is 11.3 Å². The first-order valence-corrected chi connectivity index (χ1v) is 9.23. The Labute approximate surface area is 157 Å². The molecule has 1 unspecified atom stereocenters. The number of esters is 1. The summed E-state index contributed by atoms with van der Waals surface area (Å²) in [5, 5.41) is 5.06. The molecule has 0 saturated carbocycles. The number of para-hydroxylation sites is 1. The second-order valence-corrected chi connectivity index (χ2v) is 6.68. The molecule has 26 heavy (non-hydrogen) atoms. The SMILES string of the molecule is CCOC(=O)c1ccsc1NC(=O)CN(C)C(C)c1ccccc1OC. The summed E-state index contributed by atoms with van der Waals surface area (Å²) in [6, 6.07) is 9.38. The van der Waals surface area contributed by atoms with Gasteiger partial charge in [-0.3, -0.25) is 9.69 Å². The Morgan fingerprint density at radius 3 is 2.69 bits per heavy atom. The molecular formula is C19H24N2O4S. The predicted molar refractivity (Wildman–Crippen MR) is 103 cm³/mol. The van der Waals surface area contributed by atoms with Crippen molar-refractivity contribution in [2.75, 3.05) is 32.6 Å². The summed E-state index contributed by atoms with van der Waals surface area (Å²) in [5.74, 6) is 0.164. The van der Waals surface area contributed by atoms with Crippen LogP contribution in [-0.4, -0.2) is 44.1 Å². The second kappa shape index (κ2) is 9.35. The summed E-state index contributed by atoms with van der Waals surface area (Å²) in [7, 11) is 3.50. The number of nitrogens with zero attached hydrogens (tertiary/aromatic N) is 1. The predicted octanol–water partition coefficient (Wildman–Crippen LogP) is 3.56. The van der Waals surface area contributed by atoms with E-state index in [9.17, 15) is 9.59 Å². The summed E-state index contributed by atoms with van der Waals surface area (Å²) in [6.07, 6.45) is 0. The molecule has 1 N–H and O–H groups in total. The van der Waals surface area contributed by atoms with Crippen LogP contribution >= 0.6 is 11.3 Å². The minimum absolute atomic E-state index is 0.00948. The average molecular weight is 376 g/mol. The fourth-order valence-corrected chi connectivity index (χ4v) is 3.35. The number of anilines is 1. The standard InChI is InChI=1S/C19H24N2O4S/c1-5-25-19(23)15-10-11-26-18(15)20-17(22)12-21(3)13(2)14-8-6-7-9-16(14)24-4/h6-11,13H,5,12H2,1-4H3,(H,20,22). The van der Waals surface area contributed by atoms with Crippen molar-refractivity contribution in [3.63, 3.8) is 0 Å². The zero-order valence-corrected chi connectivity index (χ0v) is 16.3. The van der Waals surface area contributed by atoms with Crippen molar-refractivity contribution in [2.45, 2.75) is 19.9 Å². The minimum atomic E-state index is -0.431. The normalized spacial score (nSPS) is 11.9. The van der Waals surface area contributed by atoms with Gasteiger partial charge in [0.05, 0.1) is 25.8 Å². The molecule has 7 heteroatoms. The Hall–Kier alpha value is -2.38. The lowest BCUT2D eigenvalue weighted by Crippen LogP contribution is -2.32. The van der Waals surface area contributed by atoms with Gasteiger partial charge in [0, 0.05) is 11.6 Å². The molecule has 1 amide bonds. The van der Waals surface area contributed by atoms with Crippen molar-refractivity contribution >= 4 is 28.2 Å². The molecular weight excluding hydrogens is 352 g/mol. The molecule has 0 spiro atoms. The van der Waals surface area contributed by atoms with E-state index in [4.69, 9.17) is 9.47 Å². The molecule has 2 rings (SSSR count). The molecule has 0 aliphatic heterocycles. The maximum absolute atomic E-state index is 12.4. The lowest BCUT2D eigenvalue weighted by atomic mass is 10.1. The number of amides is 1. The van der Waals surface area contributed by atoms with Crippen LogP contribution in [0.5, 0.6) is 5.75 Å². The first-order chi connectivity index (χ1) is 12.5. The Balaban J connectivity index is 2.02. The van der Waals surface area contributed by atoms with E-state index >= 15 is 0 Å². The van der Waals surface area contributed by atoms with E-state index in [0.29, 0.717) is 17.2 Å². The van der Waals surface area contributed by atoms with Crippen molar-refractivity contribution < 1.29 is 19.1 Å². The largest absolute Gasteiger partial charge is 0.496 e. The first-order valence-electron chi connectivity index (χ1n) is 8.35. The maximum atomic E-state index is 12.4. The third-order valence-corrected chi connectivity index (χ3v) is 4.89. The summed E-state index contributed by atoms with van der Waals surface area (Å²) in [4.78, 5) is 26.2. The van der Waals surface area contributed by atoms with Gasteiger partial charge in [0.25, 0.3) is 0 Å². The number of carbonyl (C=O) groups is 2. The number of methoxy groups -OCH3 is 1. The van der Waals surface area contributed by atoms with Crippen LogP contribution in [0, 0.1) is 0 Å². The molecule has 0 aliphatic rings. The molecule has 1 heterocycles. The van der Waals surface area contributed by atoms with Gasteiger partial charge in [0.1, 0.15) is 10.8 Å². The number of hydrogen-bond acceptors (Lipinski definition) is 6. The molecule has 2 aromatic rings. The van der Waals surface area contributed by atoms with Crippen LogP contribution in [0.4, 0.5) is 5.00 Å². The Morgan fingerprint density at radius 1 is 1.27 bits per heavy atom. The molecule has 0 saturated heterocycles. The average Bonchev–Trinajstić information content (AvgIpc) is 3.09. The van der Waals surface area contributed by atoms with Crippen LogP contribution in [0.3, 0.4) is 0 Å². The van der Waals surface area contributed by atoms with E-state index in [1.807, 2.05) is 43.1 Å². The maximum Gasteiger partial charge on any atom is 0.341 e. The topological polar surface area (TPSA) is 67.9 Å². The Morgan fingerprint density at radius 2 is 2.00 bits per heavy atom. The van der Waals surface area contributed by atoms with Gasteiger partial charge >= 0.3 is 5.97 Å². The summed E-state index contributed by atoms with van der Waals surface area (Å²) >= 11 is 1.30. The third-order valence-electron chi connectivity index (χ3n) is 4.06. The summed E-state index contributed by atoms with van der Waals surface area (Å²) < 4.78 is 10.4. The van der Waals surface area contributed by atoms with Gasteiger partial charge in [-0.1, -0.05) is 18.2 Å². The van der Waals surface area contributed by atoms with Crippen LogP contribution in [0.2, 0.25) is 0 Å². The molecule has 0 radical (unpaired) electrons. The molecule has 1 aromatic heterocycles. The lowest BCUT2D eigenvalue weighted by Gasteiger charge is -2.25. The van der Waals surface area contributed by atoms with E-state index in [1.165, 1.54) is 11.3 Å². The highest BCUT2D eigenvalue weighted by molar-refractivity contribution is 7.14. The number of ether oxygens (including phenoxy) is 2. The molecule has 0 aliphatic carbocycles. The third kappa shape index (κ3) is 4.83. The van der Waals surface area contributed by atoms with Gasteiger partial charge in [-0.25, -0.2) is 4.79 Å². The van der Waals surface area contributed by atoms with E-state index < -0.39 is 5.97 Å². The van der Waals surface area contributed by atoms with Crippen molar-refractivity contribution in [1.29, 1.82) is 0 Å². The van der Waals surface area contributed by atoms with Crippen molar-refractivity contribution in [1.82, 2.24) is 4.90 Å². The number of nitrogens with one attached hydrogen (secondary N) is 1. The number of likely N-dealkylation sites (N-methyl/N-ethyl adjacent to an activating group) is 1. The molecule has 1 aromatic carbocycles. The highest BCUT2D eigenvalue weighted by atomic mass is 32.1. The molecule has 0 bridgehead atoms. The van der Waals surface area contributed by atoms with Gasteiger partial charge < -0.3 is 14.8 Å². The zero-order chi connectivity index (χ0) is 19.1. The van der Waals surface area contributed by atoms with Crippen molar-refractivity contribution in [3.8, 4) is 5.75 Å². The number of benzene rings is 1.